The Morgan fingerprint density at radius 2 is 2.00 bits per heavy atom. The molecular weight excluding hydrogens is 274 g/mol. The van der Waals surface area contributed by atoms with Gasteiger partial charge in [-0.3, -0.25) is 9.59 Å². The van der Waals surface area contributed by atoms with Crippen molar-refractivity contribution >= 4 is 22.8 Å². The molecule has 0 aliphatic rings. The summed E-state index contributed by atoms with van der Waals surface area (Å²) in [5.41, 5.74) is 7.43. The zero-order chi connectivity index (χ0) is 15.8. The number of aromatic amines is 1. The minimum atomic E-state index is -0.972. The zero-order valence-corrected chi connectivity index (χ0v) is 11.7. The Bertz CT molecular complexity index is 609. The van der Waals surface area contributed by atoms with Crippen LogP contribution in [0.2, 0.25) is 0 Å². The Hall–Kier alpha value is -2.38. The maximum atomic E-state index is 10.6. The fourth-order valence-electron chi connectivity index (χ4n) is 1.78. The molecular formula is C14H19N3O4. The lowest BCUT2D eigenvalue weighted by Gasteiger charge is -2.04. The van der Waals surface area contributed by atoms with Crippen LogP contribution >= 0.6 is 0 Å². The van der Waals surface area contributed by atoms with Crippen LogP contribution in [0, 0.1) is 0 Å². The number of hydrogen-bond donors (Lipinski definition) is 5. The molecule has 7 nitrogen and oxygen atoms in total. The van der Waals surface area contributed by atoms with E-state index in [1.807, 2.05) is 30.5 Å². The van der Waals surface area contributed by atoms with Gasteiger partial charge in [0.25, 0.3) is 0 Å². The molecule has 1 heterocycles. The fraction of sp³-hybridized carbons (Fsp3) is 0.286. The molecule has 2 rings (SSSR count). The molecule has 21 heavy (non-hydrogen) atoms. The van der Waals surface area contributed by atoms with Gasteiger partial charge in [0.15, 0.2) is 0 Å². The third kappa shape index (κ3) is 5.25. The van der Waals surface area contributed by atoms with Gasteiger partial charge in [-0.05, 0) is 18.7 Å². The summed E-state index contributed by atoms with van der Waals surface area (Å²) in [6, 6.07) is 6.91. The van der Waals surface area contributed by atoms with E-state index < -0.39 is 18.0 Å². The molecule has 1 aromatic carbocycles. The van der Waals surface area contributed by atoms with Gasteiger partial charge in [0.05, 0.1) is 6.54 Å². The smallest absolute Gasteiger partial charge is 0.320 e. The lowest BCUT2D eigenvalue weighted by atomic mass is 10.1. The van der Waals surface area contributed by atoms with Crippen molar-refractivity contribution in [2.24, 2.45) is 5.73 Å². The number of carboxylic acid groups (broad SMARTS) is 2. The average molecular weight is 293 g/mol. The topological polar surface area (TPSA) is 128 Å². The Kier molecular flexibility index (Phi) is 6.38. The number of carbonyl (C=O) groups is 2. The molecule has 0 amide bonds. The molecule has 0 aliphatic carbocycles. The zero-order valence-electron chi connectivity index (χ0n) is 11.7. The monoisotopic (exact) mass is 293 g/mol. The summed E-state index contributed by atoms with van der Waals surface area (Å²) in [4.78, 5) is 23.2. The van der Waals surface area contributed by atoms with Crippen molar-refractivity contribution in [1.82, 2.24) is 10.3 Å². The van der Waals surface area contributed by atoms with E-state index in [1.54, 1.807) is 7.05 Å². The fourth-order valence-corrected chi connectivity index (χ4v) is 1.78. The summed E-state index contributed by atoms with van der Waals surface area (Å²) < 4.78 is 0. The number of para-hydroxylation sites is 1. The van der Waals surface area contributed by atoms with E-state index >= 15 is 0 Å². The lowest BCUT2D eigenvalue weighted by molar-refractivity contribution is -0.138. The summed E-state index contributed by atoms with van der Waals surface area (Å²) in [5, 5.41) is 20.1. The van der Waals surface area contributed by atoms with Gasteiger partial charge in [0, 0.05) is 23.5 Å². The minimum absolute atomic E-state index is 0.0417. The SMILES string of the molecule is CNCC(=O)O.N[C@@H](Cc1c[nH]c2ccccc12)C(=O)O. The maximum absolute atomic E-state index is 10.6. The van der Waals surface area contributed by atoms with E-state index in [2.05, 4.69) is 10.3 Å². The van der Waals surface area contributed by atoms with Crippen LogP contribution in [0.5, 0.6) is 0 Å². The number of likely N-dealkylation sites (N-methyl/N-ethyl adjacent to an activating group) is 1. The van der Waals surface area contributed by atoms with E-state index in [-0.39, 0.29) is 6.54 Å². The predicted molar refractivity (Wildman–Crippen MR) is 79.2 cm³/mol. The van der Waals surface area contributed by atoms with Gasteiger partial charge < -0.3 is 26.2 Å². The summed E-state index contributed by atoms with van der Waals surface area (Å²) >= 11 is 0. The van der Waals surface area contributed by atoms with Crippen molar-refractivity contribution in [1.29, 1.82) is 0 Å². The molecule has 0 spiro atoms. The number of H-pyrrole nitrogens is 1. The third-order valence-corrected chi connectivity index (χ3v) is 2.76. The van der Waals surface area contributed by atoms with E-state index in [4.69, 9.17) is 15.9 Å². The quantitative estimate of drug-likeness (QED) is 0.543. The summed E-state index contributed by atoms with van der Waals surface area (Å²) in [6.07, 6.45) is 2.16. The van der Waals surface area contributed by atoms with Gasteiger partial charge >= 0.3 is 11.9 Å². The number of carboxylic acids is 2. The van der Waals surface area contributed by atoms with Crippen molar-refractivity contribution in [2.75, 3.05) is 13.6 Å². The van der Waals surface area contributed by atoms with Crippen LogP contribution in [0.15, 0.2) is 30.5 Å². The molecule has 114 valence electrons. The number of aromatic nitrogens is 1. The van der Waals surface area contributed by atoms with Gasteiger partial charge in [-0.15, -0.1) is 0 Å². The van der Waals surface area contributed by atoms with Gasteiger partial charge in [0.1, 0.15) is 6.04 Å². The Balaban J connectivity index is 0.000000315. The molecule has 0 aliphatic heterocycles. The highest BCUT2D eigenvalue weighted by Gasteiger charge is 2.14. The summed E-state index contributed by atoms with van der Waals surface area (Å²) in [5.74, 6) is -1.79. The molecule has 0 unspecified atom stereocenters. The first kappa shape index (κ1) is 16.7. The molecule has 0 fully saturated rings. The summed E-state index contributed by atoms with van der Waals surface area (Å²) in [6.45, 7) is 0.0417. The number of fused-ring (bicyclic) bond motifs is 1. The number of nitrogens with one attached hydrogen (secondary N) is 2. The predicted octanol–water partition coefficient (Wildman–Crippen LogP) is 0.413. The molecule has 7 heteroatoms. The van der Waals surface area contributed by atoms with Crippen LogP contribution in [0.3, 0.4) is 0 Å². The second-order valence-corrected chi connectivity index (χ2v) is 4.43. The molecule has 6 N–H and O–H groups in total. The highest BCUT2D eigenvalue weighted by atomic mass is 16.4. The molecule has 0 radical (unpaired) electrons. The van der Waals surface area contributed by atoms with E-state index in [0.29, 0.717) is 6.42 Å². The second kappa shape index (κ2) is 8.03. The van der Waals surface area contributed by atoms with Crippen LogP contribution in [0.25, 0.3) is 10.9 Å². The van der Waals surface area contributed by atoms with Crippen molar-refractivity contribution < 1.29 is 19.8 Å². The van der Waals surface area contributed by atoms with Gasteiger partial charge in [-0.2, -0.15) is 0 Å². The van der Waals surface area contributed by atoms with Crippen molar-refractivity contribution in [2.45, 2.75) is 12.5 Å². The molecule has 0 bridgehead atoms. The highest BCUT2D eigenvalue weighted by Crippen LogP contribution is 2.18. The van der Waals surface area contributed by atoms with Crippen LogP contribution in [-0.4, -0.2) is 46.8 Å². The first-order valence-corrected chi connectivity index (χ1v) is 6.35. The Morgan fingerprint density at radius 3 is 2.52 bits per heavy atom. The van der Waals surface area contributed by atoms with Crippen molar-refractivity contribution in [3.05, 3.63) is 36.0 Å². The van der Waals surface area contributed by atoms with Crippen molar-refractivity contribution in [3.8, 4) is 0 Å². The normalized spacial score (nSPS) is 11.5. The van der Waals surface area contributed by atoms with Gasteiger partial charge in [-0.1, -0.05) is 18.2 Å². The second-order valence-electron chi connectivity index (χ2n) is 4.43. The van der Waals surface area contributed by atoms with Gasteiger partial charge in [-0.25, -0.2) is 0 Å². The molecule has 0 saturated carbocycles. The maximum Gasteiger partial charge on any atom is 0.320 e. The highest BCUT2D eigenvalue weighted by molar-refractivity contribution is 5.84. The molecule has 1 atom stereocenters. The largest absolute Gasteiger partial charge is 0.480 e. The standard InChI is InChI=1S/C11H12N2O2.C3H7NO2/c12-9(11(14)15)5-7-6-13-10-4-2-1-3-8(7)10;1-4-2-3(5)6/h1-4,6,9,13H,5,12H2,(H,14,15);4H,2H2,1H3,(H,5,6)/t9-;/m0./s1. The van der Waals surface area contributed by atoms with E-state index in [9.17, 15) is 9.59 Å². The number of benzene rings is 1. The number of aliphatic carboxylic acids is 2. The average Bonchev–Trinajstić information content (AvgIpc) is 2.83. The van der Waals surface area contributed by atoms with Gasteiger partial charge in [0.2, 0.25) is 0 Å². The Labute approximate surface area is 121 Å². The van der Waals surface area contributed by atoms with Crippen LogP contribution in [-0.2, 0) is 16.0 Å². The third-order valence-electron chi connectivity index (χ3n) is 2.76. The molecule has 0 saturated heterocycles. The number of hydrogen-bond acceptors (Lipinski definition) is 4. The minimum Gasteiger partial charge on any atom is -0.480 e. The first-order chi connectivity index (χ1) is 9.95. The van der Waals surface area contributed by atoms with Crippen LogP contribution < -0.4 is 11.1 Å². The number of rotatable bonds is 5. The number of nitrogens with two attached hydrogens (primary N) is 1. The first-order valence-electron chi connectivity index (χ1n) is 6.35. The van der Waals surface area contributed by atoms with E-state index in [1.165, 1.54) is 0 Å². The molecule has 1 aromatic heterocycles. The molecule has 2 aromatic rings. The lowest BCUT2D eigenvalue weighted by Crippen LogP contribution is -2.32. The Morgan fingerprint density at radius 1 is 1.33 bits per heavy atom. The van der Waals surface area contributed by atoms with Crippen molar-refractivity contribution in [3.63, 3.8) is 0 Å². The van der Waals surface area contributed by atoms with E-state index in [0.717, 1.165) is 16.5 Å². The van der Waals surface area contributed by atoms with Crippen LogP contribution in [0.4, 0.5) is 0 Å². The summed E-state index contributed by atoms with van der Waals surface area (Å²) in [7, 11) is 1.59. The van der Waals surface area contributed by atoms with Crippen LogP contribution in [0.1, 0.15) is 5.56 Å².